The van der Waals surface area contributed by atoms with Crippen LogP contribution in [0.4, 0.5) is 11.5 Å². The molecule has 0 atom stereocenters. The number of nitrogen functional groups attached to an aromatic ring is 1. The minimum absolute atomic E-state index is 0.0275. The van der Waals surface area contributed by atoms with Gasteiger partial charge in [-0.25, -0.2) is 4.79 Å². The fourth-order valence-corrected chi connectivity index (χ4v) is 3.54. The standard InChI is InChI=1S/C19H26N4O3S/c1-4-6-11-23-17(20)16(18(25)21-19(23)26)22(10-5-2)15(24)8-7-14-13(3)9-12-27-14/h7-9,12H,4-6,10-11,20H2,1-3H3,(H,21,25,26)/b8-7+. The van der Waals surface area contributed by atoms with E-state index < -0.39 is 11.2 Å². The Kier molecular flexibility index (Phi) is 7.18. The van der Waals surface area contributed by atoms with Crippen molar-refractivity contribution in [3.63, 3.8) is 0 Å². The molecule has 0 fully saturated rings. The summed E-state index contributed by atoms with van der Waals surface area (Å²) in [7, 11) is 0. The molecule has 0 unspecified atom stereocenters. The van der Waals surface area contributed by atoms with Crippen molar-refractivity contribution >= 4 is 34.8 Å². The number of aromatic amines is 1. The van der Waals surface area contributed by atoms with Gasteiger partial charge in [-0.3, -0.25) is 19.1 Å². The second kappa shape index (κ2) is 9.36. The molecule has 2 aromatic rings. The Morgan fingerprint density at radius 3 is 2.67 bits per heavy atom. The second-order valence-electron chi connectivity index (χ2n) is 6.29. The van der Waals surface area contributed by atoms with E-state index >= 15 is 0 Å². The first-order valence-electron chi connectivity index (χ1n) is 9.06. The highest BCUT2D eigenvalue weighted by Crippen LogP contribution is 2.20. The number of hydrogen-bond donors (Lipinski definition) is 2. The molecular weight excluding hydrogens is 364 g/mol. The van der Waals surface area contributed by atoms with Crippen molar-refractivity contribution in [3.8, 4) is 0 Å². The fourth-order valence-electron chi connectivity index (χ4n) is 2.72. The van der Waals surface area contributed by atoms with Crippen molar-refractivity contribution in [2.75, 3.05) is 17.2 Å². The Morgan fingerprint density at radius 1 is 1.33 bits per heavy atom. The summed E-state index contributed by atoms with van der Waals surface area (Å²) in [6, 6.07) is 1.98. The summed E-state index contributed by atoms with van der Waals surface area (Å²) in [5.41, 5.74) is 6.05. The molecule has 27 heavy (non-hydrogen) atoms. The molecule has 0 aliphatic carbocycles. The van der Waals surface area contributed by atoms with Gasteiger partial charge in [0, 0.05) is 24.0 Å². The number of rotatable bonds is 8. The number of thiophene rings is 1. The van der Waals surface area contributed by atoms with Crippen LogP contribution in [0.5, 0.6) is 0 Å². The van der Waals surface area contributed by atoms with E-state index in [0.29, 0.717) is 19.5 Å². The van der Waals surface area contributed by atoms with E-state index in [2.05, 4.69) is 4.98 Å². The van der Waals surface area contributed by atoms with Gasteiger partial charge in [-0.15, -0.1) is 11.3 Å². The van der Waals surface area contributed by atoms with E-state index in [-0.39, 0.29) is 17.4 Å². The summed E-state index contributed by atoms with van der Waals surface area (Å²) in [6.45, 7) is 6.59. The Hall–Kier alpha value is -2.61. The molecular formula is C19H26N4O3S. The van der Waals surface area contributed by atoms with Crippen LogP contribution in [0.1, 0.15) is 43.6 Å². The number of unbranched alkanes of at least 4 members (excludes halogenated alkanes) is 1. The number of H-pyrrole nitrogens is 1. The highest BCUT2D eigenvalue weighted by molar-refractivity contribution is 7.11. The normalized spacial score (nSPS) is 11.2. The second-order valence-corrected chi connectivity index (χ2v) is 7.24. The third kappa shape index (κ3) is 4.77. The number of amides is 1. The van der Waals surface area contributed by atoms with Gasteiger partial charge in [0.2, 0.25) is 0 Å². The molecule has 7 nitrogen and oxygen atoms in total. The van der Waals surface area contributed by atoms with Gasteiger partial charge in [-0.1, -0.05) is 20.3 Å². The lowest BCUT2D eigenvalue weighted by Crippen LogP contribution is -2.41. The topological polar surface area (TPSA) is 101 Å². The summed E-state index contributed by atoms with van der Waals surface area (Å²) in [5.74, 6) is -0.317. The maximum atomic E-state index is 12.8. The molecule has 3 N–H and O–H groups in total. The molecule has 0 saturated carbocycles. The SMILES string of the molecule is CCCCn1c(N)c(N(CCC)C(=O)/C=C/c2sccc2C)c(=O)[nH]c1=O. The zero-order chi connectivity index (χ0) is 20.0. The van der Waals surface area contributed by atoms with Crippen molar-refractivity contribution in [2.45, 2.75) is 46.6 Å². The summed E-state index contributed by atoms with van der Waals surface area (Å²) < 4.78 is 1.32. The number of carbonyl (C=O) groups is 1. The number of hydrogen-bond acceptors (Lipinski definition) is 5. The Balaban J connectivity index is 2.45. The van der Waals surface area contributed by atoms with E-state index in [0.717, 1.165) is 23.3 Å². The largest absolute Gasteiger partial charge is 0.383 e. The molecule has 8 heteroatoms. The molecule has 0 aromatic carbocycles. The summed E-state index contributed by atoms with van der Waals surface area (Å²) in [6.07, 6.45) is 5.44. The molecule has 0 aliphatic rings. The summed E-state index contributed by atoms with van der Waals surface area (Å²) in [4.78, 5) is 41.9. The molecule has 2 aromatic heterocycles. The highest BCUT2D eigenvalue weighted by atomic mass is 32.1. The van der Waals surface area contributed by atoms with Crippen LogP contribution in [0.2, 0.25) is 0 Å². The average Bonchev–Trinajstić information content (AvgIpc) is 3.03. The Bertz CT molecular complexity index is 939. The zero-order valence-electron chi connectivity index (χ0n) is 15.9. The van der Waals surface area contributed by atoms with Crippen LogP contribution >= 0.6 is 11.3 Å². The van der Waals surface area contributed by atoms with Crippen molar-refractivity contribution in [1.29, 1.82) is 0 Å². The molecule has 0 spiro atoms. The van der Waals surface area contributed by atoms with E-state index in [4.69, 9.17) is 5.73 Å². The molecule has 0 aliphatic heterocycles. The summed E-state index contributed by atoms with van der Waals surface area (Å²) >= 11 is 1.54. The first-order chi connectivity index (χ1) is 12.9. The smallest absolute Gasteiger partial charge is 0.330 e. The van der Waals surface area contributed by atoms with E-state index in [1.807, 2.05) is 32.2 Å². The monoisotopic (exact) mass is 390 g/mol. The molecule has 0 radical (unpaired) electrons. The number of aromatic nitrogens is 2. The van der Waals surface area contributed by atoms with Gasteiger partial charge >= 0.3 is 5.69 Å². The number of nitrogens with two attached hydrogens (primary N) is 1. The van der Waals surface area contributed by atoms with Crippen LogP contribution in [0.25, 0.3) is 6.08 Å². The van der Waals surface area contributed by atoms with Crippen LogP contribution in [-0.2, 0) is 11.3 Å². The van der Waals surface area contributed by atoms with Gasteiger partial charge in [-0.2, -0.15) is 0 Å². The quantitative estimate of drug-likeness (QED) is 0.677. The van der Waals surface area contributed by atoms with Crippen molar-refractivity contribution in [2.24, 2.45) is 0 Å². The zero-order valence-corrected chi connectivity index (χ0v) is 16.8. The van der Waals surface area contributed by atoms with Crippen LogP contribution in [0.15, 0.2) is 27.1 Å². The number of carbonyl (C=O) groups excluding carboxylic acids is 1. The summed E-state index contributed by atoms with van der Waals surface area (Å²) in [5, 5.41) is 1.95. The highest BCUT2D eigenvalue weighted by Gasteiger charge is 2.22. The fraction of sp³-hybridized carbons (Fsp3) is 0.421. The Labute approximate surface area is 162 Å². The van der Waals surface area contributed by atoms with Gasteiger partial charge < -0.3 is 10.6 Å². The molecule has 1 amide bonds. The van der Waals surface area contributed by atoms with Crippen molar-refractivity contribution in [3.05, 3.63) is 48.8 Å². The van der Waals surface area contributed by atoms with Crippen LogP contribution in [0.3, 0.4) is 0 Å². The molecule has 146 valence electrons. The van der Waals surface area contributed by atoms with E-state index in [9.17, 15) is 14.4 Å². The molecule has 0 saturated heterocycles. The maximum Gasteiger partial charge on any atom is 0.330 e. The molecule has 2 rings (SSSR count). The van der Waals surface area contributed by atoms with E-state index in [1.54, 1.807) is 6.08 Å². The number of anilines is 2. The minimum atomic E-state index is -0.646. The predicted octanol–water partition coefficient (Wildman–Crippen LogP) is 2.75. The average molecular weight is 391 g/mol. The van der Waals surface area contributed by atoms with E-state index in [1.165, 1.54) is 26.9 Å². The van der Waals surface area contributed by atoms with Crippen LogP contribution < -0.4 is 21.9 Å². The van der Waals surface area contributed by atoms with Gasteiger partial charge in [-0.05, 0) is 42.9 Å². The molecule has 2 heterocycles. The van der Waals surface area contributed by atoms with Crippen LogP contribution in [0, 0.1) is 6.92 Å². The molecule has 0 bridgehead atoms. The predicted molar refractivity (Wildman–Crippen MR) is 111 cm³/mol. The van der Waals surface area contributed by atoms with Gasteiger partial charge in [0.25, 0.3) is 11.5 Å². The van der Waals surface area contributed by atoms with Gasteiger partial charge in [0.15, 0.2) is 5.69 Å². The van der Waals surface area contributed by atoms with Gasteiger partial charge in [0.1, 0.15) is 5.82 Å². The van der Waals surface area contributed by atoms with Gasteiger partial charge in [0.05, 0.1) is 0 Å². The third-order valence-electron chi connectivity index (χ3n) is 4.21. The minimum Gasteiger partial charge on any atom is -0.383 e. The Morgan fingerprint density at radius 2 is 2.07 bits per heavy atom. The number of aryl methyl sites for hydroxylation is 1. The van der Waals surface area contributed by atoms with Crippen molar-refractivity contribution in [1.82, 2.24) is 9.55 Å². The maximum absolute atomic E-state index is 12.8. The number of nitrogens with one attached hydrogen (secondary N) is 1. The number of nitrogens with zero attached hydrogens (tertiary/aromatic N) is 2. The lowest BCUT2D eigenvalue weighted by Gasteiger charge is -2.23. The third-order valence-corrected chi connectivity index (χ3v) is 5.20. The lowest BCUT2D eigenvalue weighted by molar-refractivity contribution is -0.114. The first-order valence-corrected chi connectivity index (χ1v) is 9.94. The first kappa shape index (κ1) is 20.7. The lowest BCUT2D eigenvalue weighted by atomic mass is 10.2. The van der Waals surface area contributed by atoms with Crippen molar-refractivity contribution < 1.29 is 4.79 Å². The van der Waals surface area contributed by atoms with Crippen LogP contribution in [-0.4, -0.2) is 22.0 Å².